The summed E-state index contributed by atoms with van der Waals surface area (Å²) in [6.07, 6.45) is 7.20. The summed E-state index contributed by atoms with van der Waals surface area (Å²) in [5.74, 6) is 0. The maximum absolute atomic E-state index is 12.3. The zero-order valence-corrected chi connectivity index (χ0v) is 29.8. The van der Waals surface area contributed by atoms with Gasteiger partial charge in [-0.15, -0.1) is 0 Å². The molecule has 8 nitrogen and oxygen atoms in total. The van der Waals surface area contributed by atoms with Gasteiger partial charge in [-0.25, -0.2) is 4.79 Å². The lowest BCUT2D eigenvalue weighted by Crippen LogP contribution is -2.49. The molecule has 0 unspecified atom stereocenters. The van der Waals surface area contributed by atoms with E-state index < -0.39 is 5.60 Å². The average Bonchev–Trinajstić information content (AvgIpc) is 3.60. The first-order valence-corrected chi connectivity index (χ1v) is 18.2. The summed E-state index contributed by atoms with van der Waals surface area (Å²) in [5.41, 5.74) is 2.10. The fourth-order valence-electron chi connectivity index (χ4n) is 7.76. The van der Waals surface area contributed by atoms with Crippen molar-refractivity contribution in [2.45, 2.75) is 114 Å². The van der Waals surface area contributed by atoms with Gasteiger partial charge in [0, 0.05) is 60.4 Å². The van der Waals surface area contributed by atoms with Crippen LogP contribution in [0.25, 0.3) is 0 Å². The van der Waals surface area contributed by atoms with Gasteiger partial charge in [0.2, 0.25) is 0 Å². The Labute approximate surface area is 291 Å². The molecule has 10 heteroatoms. The van der Waals surface area contributed by atoms with Crippen LogP contribution in [0, 0.1) is 0 Å². The number of nitrogens with zero attached hydrogens (tertiary/aromatic N) is 3. The van der Waals surface area contributed by atoms with Gasteiger partial charge in [0.1, 0.15) is 5.60 Å². The van der Waals surface area contributed by atoms with Gasteiger partial charge in [-0.2, -0.15) is 0 Å². The highest BCUT2D eigenvalue weighted by atomic mass is 35.5. The van der Waals surface area contributed by atoms with Crippen molar-refractivity contribution in [1.82, 2.24) is 20.0 Å². The Kier molecular flexibility index (Phi) is 12.9. The Hall–Kier alpha value is -1.91. The number of rotatable bonds is 6. The van der Waals surface area contributed by atoms with Crippen LogP contribution >= 0.6 is 23.2 Å². The molecule has 4 aliphatic heterocycles. The molecule has 0 spiro atoms. The Morgan fingerprint density at radius 2 is 1.19 bits per heavy atom. The standard InChI is InChI=1S/C21H31ClN2O3.C16H23ClN2O/c1-21(2,3)27-20(26)23-10-8-17(9-11-23)24-14-19(25)13-18(24)12-15-4-6-16(22)7-5-15;17-13-3-1-12(2-4-13)9-15-10-16(20)11-19(15)14-5-7-18-8-6-14/h4-7,17-19,25H,8-14H2,1-3H3;1-4,14-16,18,20H,5-11H2/t18-,19+;15-,16+/m00/s1. The molecule has 2 aromatic carbocycles. The largest absolute Gasteiger partial charge is 0.444 e. The highest BCUT2D eigenvalue weighted by Gasteiger charge is 2.38. The van der Waals surface area contributed by atoms with Crippen molar-refractivity contribution >= 4 is 29.3 Å². The molecular weight excluding hydrogens is 635 g/mol. The minimum absolute atomic E-state index is 0.165. The number of likely N-dealkylation sites (tertiary alicyclic amines) is 3. The number of hydrogen-bond donors (Lipinski definition) is 3. The molecular formula is C37H54Cl2N4O4. The van der Waals surface area contributed by atoms with Crippen LogP contribution in [-0.2, 0) is 17.6 Å². The zero-order valence-electron chi connectivity index (χ0n) is 28.3. The number of nitrogens with one attached hydrogen (secondary N) is 1. The molecule has 2 aromatic rings. The fraction of sp³-hybridized carbons (Fsp3) is 0.649. The number of carbonyl (C=O) groups excluding carboxylic acids is 1. The molecule has 4 heterocycles. The molecule has 0 aromatic heterocycles. The Morgan fingerprint density at radius 3 is 1.62 bits per heavy atom. The first-order valence-electron chi connectivity index (χ1n) is 17.5. The molecule has 47 heavy (non-hydrogen) atoms. The fourth-order valence-corrected chi connectivity index (χ4v) is 8.01. The number of ether oxygens (including phenoxy) is 1. The van der Waals surface area contributed by atoms with Crippen molar-refractivity contribution in [1.29, 1.82) is 0 Å². The minimum Gasteiger partial charge on any atom is -0.444 e. The van der Waals surface area contributed by atoms with Gasteiger partial charge in [0.15, 0.2) is 0 Å². The molecule has 4 saturated heterocycles. The number of aliphatic hydroxyl groups excluding tert-OH is 2. The minimum atomic E-state index is -0.462. The van der Waals surface area contributed by atoms with Crippen LogP contribution in [0.3, 0.4) is 0 Å². The SMILES string of the molecule is CC(C)(C)OC(=O)N1CCC(N2C[C@H](O)C[C@@H]2Cc2ccc(Cl)cc2)CC1.O[C@@H]1C[C@H](Cc2ccc(Cl)cc2)N(C2CCNCC2)C1. The summed E-state index contributed by atoms with van der Waals surface area (Å²) in [4.78, 5) is 19.1. The first kappa shape index (κ1) is 36.4. The van der Waals surface area contributed by atoms with E-state index in [1.54, 1.807) is 0 Å². The van der Waals surface area contributed by atoms with E-state index in [0.29, 0.717) is 37.3 Å². The molecule has 0 radical (unpaired) electrons. The molecule has 4 fully saturated rings. The summed E-state index contributed by atoms with van der Waals surface area (Å²) in [6.45, 7) is 10.9. The van der Waals surface area contributed by atoms with E-state index in [-0.39, 0.29) is 18.3 Å². The number of piperidine rings is 2. The summed E-state index contributed by atoms with van der Waals surface area (Å²) < 4.78 is 5.49. The van der Waals surface area contributed by atoms with Crippen LogP contribution in [0.5, 0.6) is 0 Å². The number of aliphatic hydroxyl groups is 2. The second-order valence-corrected chi connectivity index (χ2v) is 15.7. The Morgan fingerprint density at radius 1 is 0.766 bits per heavy atom. The van der Waals surface area contributed by atoms with E-state index in [1.807, 2.05) is 49.9 Å². The van der Waals surface area contributed by atoms with E-state index in [4.69, 9.17) is 27.9 Å². The van der Waals surface area contributed by atoms with Crippen molar-refractivity contribution in [3.8, 4) is 0 Å². The number of carbonyl (C=O) groups is 1. The smallest absolute Gasteiger partial charge is 0.410 e. The summed E-state index contributed by atoms with van der Waals surface area (Å²) in [7, 11) is 0. The molecule has 260 valence electrons. The average molecular weight is 690 g/mol. The highest BCUT2D eigenvalue weighted by molar-refractivity contribution is 6.30. The van der Waals surface area contributed by atoms with Crippen molar-refractivity contribution in [3.63, 3.8) is 0 Å². The van der Waals surface area contributed by atoms with Gasteiger partial charge >= 0.3 is 6.09 Å². The molecule has 0 bridgehead atoms. The third-order valence-electron chi connectivity index (χ3n) is 10.0. The summed E-state index contributed by atoms with van der Waals surface area (Å²) in [6, 6.07) is 17.9. The van der Waals surface area contributed by atoms with Crippen LogP contribution < -0.4 is 5.32 Å². The van der Waals surface area contributed by atoms with Gasteiger partial charge in [0.05, 0.1) is 12.2 Å². The third-order valence-corrected chi connectivity index (χ3v) is 10.5. The Bertz CT molecular complexity index is 1260. The molecule has 4 aliphatic rings. The van der Waals surface area contributed by atoms with E-state index in [2.05, 4.69) is 39.4 Å². The number of β-amino-alcohol motifs (C(OH)–C–C–N with tert-alkyl or cyclic N) is 2. The van der Waals surface area contributed by atoms with E-state index in [0.717, 1.165) is 74.7 Å². The number of halogens is 2. The van der Waals surface area contributed by atoms with Crippen molar-refractivity contribution < 1.29 is 19.7 Å². The first-order chi connectivity index (χ1) is 22.4. The van der Waals surface area contributed by atoms with Crippen LogP contribution in [-0.4, -0.2) is 112 Å². The third kappa shape index (κ3) is 10.8. The van der Waals surface area contributed by atoms with Crippen LogP contribution in [0.2, 0.25) is 10.0 Å². The van der Waals surface area contributed by atoms with Crippen LogP contribution in [0.1, 0.15) is 70.4 Å². The lowest BCUT2D eigenvalue weighted by atomic mass is 9.99. The second kappa shape index (κ2) is 16.7. The van der Waals surface area contributed by atoms with Gasteiger partial charge in [-0.1, -0.05) is 47.5 Å². The quantitative estimate of drug-likeness (QED) is 0.354. The number of benzene rings is 2. The lowest BCUT2D eigenvalue weighted by molar-refractivity contribution is 0.0128. The monoisotopic (exact) mass is 688 g/mol. The van der Waals surface area contributed by atoms with Crippen LogP contribution in [0.4, 0.5) is 4.79 Å². The molecule has 1 amide bonds. The predicted molar refractivity (Wildman–Crippen MR) is 189 cm³/mol. The molecule has 4 atom stereocenters. The van der Waals surface area contributed by atoms with E-state index >= 15 is 0 Å². The molecule has 0 aliphatic carbocycles. The zero-order chi connectivity index (χ0) is 33.6. The van der Waals surface area contributed by atoms with Crippen molar-refractivity contribution in [2.75, 3.05) is 39.3 Å². The van der Waals surface area contributed by atoms with Gasteiger partial charge in [-0.3, -0.25) is 9.80 Å². The van der Waals surface area contributed by atoms with Crippen molar-refractivity contribution in [3.05, 3.63) is 69.7 Å². The second-order valence-electron chi connectivity index (χ2n) is 14.8. The van der Waals surface area contributed by atoms with Gasteiger partial charge in [0.25, 0.3) is 0 Å². The van der Waals surface area contributed by atoms with Crippen molar-refractivity contribution in [2.24, 2.45) is 0 Å². The molecule has 6 rings (SSSR count). The Balaban J connectivity index is 0.000000193. The predicted octanol–water partition coefficient (Wildman–Crippen LogP) is 5.79. The number of hydrogen-bond acceptors (Lipinski definition) is 7. The van der Waals surface area contributed by atoms with E-state index in [9.17, 15) is 15.0 Å². The maximum Gasteiger partial charge on any atom is 0.410 e. The topological polar surface area (TPSA) is 88.5 Å². The van der Waals surface area contributed by atoms with E-state index in [1.165, 1.54) is 24.0 Å². The van der Waals surface area contributed by atoms with Gasteiger partial charge < -0.3 is 25.2 Å². The lowest BCUT2D eigenvalue weighted by Gasteiger charge is -2.39. The summed E-state index contributed by atoms with van der Waals surface area (Å²) in [5, 5.41) is 25.2. The maximum atomic E-state index is 12.3. The number of amides is 1. The molecule has 0 saturated carbocycles. The highest BCUT2D eigenvalue weighted by Crippen LogP contribution is 2.30. The normalized spacial score (nSPS) is 26.7. The van der Waals surface area contributed by atoms with Gasteiger partial charge in [-0.05, 0) is 121 Å². The molecule has 3 N–H and O–H groups in total. The van der Waals surface area contributed by atoms with Crippen LogP contribution in [0.15, 0.2) is 48.5 Å². The summed E-state index contributed by atoms with van der Waals surface area (Å²) >= 11 is 11.9.